The van der Waals surface area contributed by atoms with E-state index in [2.05, 4.69) is 43.1 Å². The molecule has 0 fully saturated rings. The third kappa shape index (κ3) is 2.58. The maximum Gasteiger partial charge on any atom is 0.0946 e. The monoisotopic (exact) mass is 272 g/mol. The summed E-state index contributed by atoms with van der Waals surface area (Å²) in [5.74, 6) is 0.571. The highest BCUT2D eigenvalue weighted by Gasteiger charge is 2.26. The van der Waals surface area contributed by atoms with E-state index in [1.165, 1.54) is 21.0 Å². The van der Waals surface area contributed by atoms with E-state index in [4.69, 9.17) is 5.73 Å². The molecule has 0 saturated heterocycles. The van der Waals surface area contributed by atoms with Gasteiger partial charge in [0, 0.05) is 17.3 Å². The molecule has 0 saturated carbocycles. The second-order valence-electron chi connectivity index (χ2n) is 5.55. The van der Waals surface area contributed by atoms with Crippen molar-refractivity contribution < 1.29 is 0 Å². The van der Waals surface area contributed by atoms with Crippen molar-refractivity contribution in [2.45, 2.75) is 39.2 Å². The van der Waals surface area contributed by atoms with Gasteiger partial charge in [-0.3, -0.25) is 0 Å². The molecular weight excluding hydrogens is 252 g/mol. The fourth-order valence-electron chi connectivity index (χ4n) is 2.89. The van der Waals surface area contributed by atoms with Crippen molar-refractivity contribution in [1.82, 2.24) is 4.98 Å². The quantitative estimate of drug-likeness (QED) is 0.932. The van der Waals surface area contributed by atoms with Gasteiger partial charge in [-0.15, -0.1) is 11.3 Å². The Morgan fingerprint density at radius 2 is 1.89 bits per heavy atom. The molecule has 2 N–H and O–H groups in total. The van der Waals surface area contributed by atoms with Gasteiger partial charge in [-0.05, 0) is 43.7 Å². The molecule has 3 heteroatoms. The number of benzene rings is 1. The predicted molar refractivity (Wildman–Crippen MR) is 80.6 cm³/mol. The van der Waals surface area contributed by atoms with Crippen LogP contribution in [0.3, 0.4) is 0 Å². The van der Waals surface area contributed by atoms with Crippen LogP contribution in [-0.2, 0) is 19.3 Å². The smallest absolute Gasteiger partial charge is 0.0946 e. The summed E-state index contributed by atoms with van der Waals surface area (Å²) in [6.45, 7) is 4.21. The highest BCUT2D eigenvalue weighted by molar-refractivity contribution is 7.11. The average molecular weight is 272 g/mol. The van der Waals surface area contributed by atoms with Crippen molar-refractivity contribution >= 4 is 11.3 Å². The Morgan fingerprint density at radius 3 is 2.42 bits per heavy atom. The minimum absolute atomic E-state index is 0.220. The second-order valence-corrected chi connectivity index (χ2v) is 6.84. The van der Waals surface area contributed by atoms with Gasteiger partial charge in [-0.25, -0.2) is 4.98 Å². The number of nitrogens with two attached hydrogens (primary N) is 1. The lowest BCUT2D eigenvalue weighted by Crippen LogP contribution is -2.32. The van der Waals surface area contributed by atoms with Gasteiger partial charge >= 0.3 is 0 Å². The summed E-state index contributed by atoms with van der Waals surface area (Å²) in [7, 11) is 0. The van der Waals surface area contributed by atoms with E-state index in [1.807, 2.05) is 0 Å². The van der Waals surface area contributed by atoms with Gasteiger partial charge in [0.05, 0.1) is 10.7 Å². The number of aryl methyl sites for hydroxylation is 2. The van der Waals surface area contributed by atoms with Crippen molar-refractivity contribution in [1.29, 1.82) is 0 Å². The summed E-state index contributed by atoms with van der Waals surface area (Å²) in [6, 6.07) is 8.94. The van der Waals surface area contributed by atoms with E-state index in [9.17, 15) is 0 Å². The molecule has 0 aliphatic heterocycles. The number of fused-ring (bicyclic) bond motifs is 1. The first-order valence-corrected chi connectivity index (χ1v) is 7.70. The van der Waals surface area contributed by atoms with Crippen LogP contribution in [0.4, 0.5) is 0 Å². The van der Waals surface area contributed by atoms with Crippen molar-refractivity contribution in [3.8, 4) is 0 Å². The molecule has 1 aliphatic carbocycles. The van der Waals surface area contributed by atoms with Crippen LogP contribution >= 0.6 is 11.3 Å². The first-order valence-electron chi connectivity index (χ1n) is 6.88. The molecule has 100 valence electrons. The standard InChI is InChI=1S/C16H20N2S/c1-10-11(2)19-16(18-10)9-15(17)14-7-12-5-3-4-6-13(12)8-14/h3-6,14-15H,7-9,17H2,1-2H3. The zero-order valence-electron chi connectivity index (χ0n) is 11.5. The van der Waals surface area contributed by atoms with Crippen LogP contribution in [0.25, 0.3) is 0 Å². The fraction of sp³-hybridized carbons (Fsp3) is 0.438. The van der Waals surface area contributed by atoms with Crippen LogP contribution in [0.15, 0.2) is 24.3 Å². The SMILES string of the molecule is Cc1nc(CC(N)C2Cc3ccccc3C2)sc1C. The number of nitrogens with zero attached hydrogens (tertiary/aromatic N) is 1. The van der Waals surface area contributed by atoms with E-state index in [-0.39, 0.29) is 6.04 Å². The third-order valence-electron chi connectivity index (χ3n) is 4.17. The number of rotatable bonds is 3. The molecule has 2 aromatic rings. The average Bonchev–Trinajstić information content (AvgIpc) is 2.93. The third-order valence-corrected chi connectivity index (χ3v) is 5.27. The molecule has 1 aliphatic rings. The fourth-order valence-corrected chi connectivity index (χ4v) is 3.90. The highest BCUT2D eigenvalue weighted by Crippen LogP contribution is 2.29. The minimum Gasteiger partial charge on any atom is -0.327 e. The topological polar surface area (TPSA) is 38.9 Å². The van der Waals surface area contributed by atoms with Gasteiger partial charge in [0.25, 0.3) is 0 Å². The van der Waals surface area contributed by atoms with Crippen LogP contribution in [0.5, 0.6) is 0 Å². The number of thiazole rings is 1. The zero-order chi connectivity index (χ0) is 13.4. The normalized spacial score (nSPS) is 16.6. The molecule has 19 heavy (non-hydrogen) atoms. The molecule has 2 nitrogen and oxygen atoms in total. The van der Waals surface area contributed by atoms with Gasteiger partial charge in [0.2, 0.25) is 0 Å². The molecule has 1 heterocycles. The lowest BCUT2D eigenvalue weighted by atomic mass is 9.95. The first kappa shape index (κ1) is 12.8. The Balaban J connectivity index is 1.68. The summed E-state index contributed by atoms with van der Waals surface area (Å²) in [6.07, 6.45) is 3.17. The van der Waals surface area contributed by atoms with E-state index >= 15 is 0 Å². The molecule has 0 radical (unpaired) electrons. The van der Waals surface area contributed by atoms with Gasteiger partial charge in [0.1, 0.15) is 0 Å². The number of hydrogen-bond acceptors (Lipinski definition) is 3. The highest BCUT2D eigenvalue weighted by atomic mass is 32.1. The molecule has 0 bridgehead atoms. The molecule has 1 aromatic heterocycles. The molecule has 0 spiro atoms. The lowest BCUT2D eigenvalue weighted by Gasteiger charge is -2.17. The molecule has 1 aromatic carbocycles. The summed E-state index contributed by atoms with van der Waals surface area (Å²) in [5, 5.41) is 1.19. The van der Waals surface area contributed by atoms with Gasteiger partial charge in [-0.1, -0.05) is 24.3 Å². The summed E-state index contributed by atoms with van der Waals surface area (Å²) in [5.41, 5.74) is 10.5. The van der Waals surface area contributed by atoms with E-state index < -0.39 is 0 Å². The predicted octanol–water partition coefficient (Wildman–Crippen LogP) is 3.04. The summed E-state index contributed by atoms with van der Waals surface area (Å²) < 4.78 is 0. The Labute approximate surface area is 118 Å². The van der Waals surface area contributed by atoms with Crippen molar-refractivity contribution in [3.63, 3.8) is 0 Å². The molecule has 3 rings (SSSR count). The Kier molecular flexibility index (Phi) is 3.42. The van der Waals surface area contributed by atoms with Crippen LogP contribution in [0, 0.1) is 19.8 Å². The molecule has 1 atom stereocenters. The molecule has 0 amide bonds. The van der Waals surface area contributed by atoms with E-state index in [1.54, 1.807) is 11.3 Å². The van der Waals surface area contributed by atoms with Gasteiger partial charge in [0.15, 0.2) is 0 Å². The van der Waals surface area contributed by atoms with Crippen molar-refractivity contribution in [2.24, 2.45) is 11.7 Å². The van der Waals surface area contributed by atoms with Crippen molar-refractivity contribution in [3.05, 3.63) is 51.0 Å². The first-order chi connectivity index (χ1) is 9.13. The molecular formula is C16H20N2S. The lowest BCUT2D eigenvalue weighted by molar-refractivity contribution is 0.436. The second kappa shape index (κ2) is 5.06. The zero-order valence-corrected chi connectivity index (χ0v) is 12.3. The number of hydrogen-bond donors (Lipinski definition) is 1. The largest absolute Gasteiger partial charge is 0.327 e. The van der Waals surface area contributed by atoms with Crippen LogP contribution < -0.4 is 5.73 Å². The maximum absolute atomic E-state index is 6.42. The minimum atomic E-state index is 0.220. The van der Waals surface area contributed by atoms with Gasteiger partial charge < -0.3 is 5.73 Å². The Hall–Kier alpha value is -1.19. The maximum atomic E-state index is 6.42. The van der Waals surface area contributed by atoms with Gasteiger partial charge in [-0.2, -0.15) is 0 Å². The molecule has 1 unspecified atom stereocenters. The van der Waals surface area contributed by atoms with Crippen molar-refractivity contribution in [2.75, 3.05) is 0 Å². The van der Waals surface area contributed by atoms with Crippen LogP contribution in [-0.4, -0.2) is 11.0 Å². The number of aromatic nitrogens is 1. The van der Waals surface area contributed by atoms with E-state index in [0.29, 0.717) is 5.92 Å². The Bertz CT molecular complexity index is 544. The summed E-state index contributed by atoms with van der Waals surface area (Å²) in [4.78, 5) is 5.93. The summed E-state index contributed by atoms with van der Waals surface area (Å²) >= 11 is 1.79. The van der Waals surface area contributed by atoms with E-state index in [0.717, 1.165) is 25.0 Å². The van der Waals surface area contributed by atoms with Crippen LogP contribution in [0.2, 0.25) is 0 Å². The van der Waals surface area contributed by atoms with Crippen LogP contribution in [0.1, 0.15) is 26.7 Å². The Morgan fingerprint density at radius 1 is 1.26 bits per heavy atom.